The summed E-state index contributed by atoms with van der Waals surface area (Å²) in [6, 6.07) is 17.6. The summed E-state index contributed by atoms with van der Waals surface area (Å²) < 4.78 is 17.2. The van der Waals surface area contributed by atoms with Crippen LogP contribution >= 0.6 is 0 Å². The molecule has 0 saturated heterocycles. The molecule has 2 aromatic carbocycles. The molecule has 1 aliphatic heterocycles. The van der Waals surface area contributed by atoms with Crippen molar-refractivity contribution in [1.29, 1.82) is 0 Å². The van der Waals surface area contributed by atoms with Gasteiger partial charge in [0.05, 0.1) is 36.4 Å². The van der Waals surface area contributed by atoms with E-state index in [0.717, 1.165) is 24.2 Å². The highest BCUT2D eigenvalue weighted by Gasteiger charge is 2.43. The number of unbranched alkanes of at least 4 members (excludes halogenated alkanes) is 1. The number of amides is 1. The molecular formula is C26H23NO5. The molecule has 32 heavy (non-hydrogen) atoms. The summed E-state index contributed by atoms with van der Waals surface area (Å²) in [6.07, 6.45) is 3.61. The van der Waals surface area contributed by atoms with Crippen LogP contribution in [0.25, 0.3) is 11.0 Å². The number of carbonyl (C=O) groups excluding carboxylic acids is 1. The summed E-state index contributed by atoms with van der Waals surface area (Å²) in [5.41, 5.74) is 1.39. The lowest BCUT2D eigenvalue weighted by Gasteiger charge is -2.24. The summed E-state index contributed by atoms with van der Waals surface area (Å²) in [5.74, 6) is 1.16. The number of rotatable bonds is 7. The second-order valence-corrected chi connectivity index (χ2v) is 7.86. The van der Waals surface area contributed by atoms with Crippen LogP contribution in [-0.2, 0) is 6.54 Å². The SMILES string of the molecule is CCCCOc1ccc([C@@H]2c3c(oc4ccccc4c3=O)C(=O)N2Cc2ccco2)cc1. The van der Waals surface area contributed by atoms with Crippen molar-refractivity contribution in [2.24, 2.45) is 0 Å². The van der Waals surface area contributed by atoms with Gasteiger partial charge in [-0.3, -0.25) is 9.59 Å². The average molecular weight is 429 g/mol. The summed E-state index contributed by atoms with van der Waals surface area (Å²) in [6.45, 7) is 3.00. The smallest absolute Gasteiger partial charge is 0.291 e. The van der Waals surface area contributed by atoms with Gasteiger partial charge in [0.1, 0.15) is 17.1 Å². The number of ether oxygens (including phenoxy) is 1. The van der Waals surface area contributed by atoms with Gasteiger partial charge >= 0.3 is 0 Å². The van der Waals surface area contributed by atoms with Gasteiger partial charge in [-0.15, -0.1) is 0 Å². The number of carbonyl (C=O) groups is 1. The average Bonchev–Trinajstić information content (AvgIpc) is 3.42. The molecule has 4 aromatic rings. The van der Waals surface area contributed by atoms with Gasteiger partial charge in [0.15, 0.2) is 5.43 Å². The molecule has 3 heterocycles. The fraction of sp³-hybridized carbons (Fsp3) is 0.231. The van der Waals surface area contributed by atoms with Gasteiger partial charge in [0.2, 0.25) is 5.76 Å². The van der Waals surface area contributed by atoms with E-state index in [1.165, 1.54) is 0 Å². The Hall–Kier alpha value is -3.80. The third-order valence-corrected chi connectivity index (χ3v) is 5.74. The number of para-hydroxylation sites is 1. The Morgan fingerprint density at radius 2 is 1.81 bits per heavy atom. The lowest BCUT2D eigenvalue weighted by atomic mass is 9.98. The second kappa shape index (κ2) is 8.38. The molecule has 162 valence electrons. The van der Waals surface area contributed by atoms with E-state index in [1.54, 1.807) is 41.5 Å². The fourth-order valence-corrected chi connectivity index (χ4v) is 4.13. The van der Waals surface area contributed by atoms with Crippen molar-refractivity contribution in [3.63, 3.8) is 0 Å². The third-order valence-electron chi connectivity index (χ3n) is 5.74. The molecule has 0 radical (unpaired) electrons. The first-order chi connectivity index (χ1) is 15.7. The Labute approximate surface area is 185 Å². The van der Waals surface area contributed by atoms with Crippen LogP contribution < -0.4 is 10.2 Å². The molecule has 0 N–H and O–H groups in total. The van der Waals surface area contributed by atoms with E-state index < -0.39 is 6.04 Å². The van der Waals surface area contributed by atoms with Crippen LogP contribution in [0.2, 0.25) is 0 Å². The molecule has 0 aliphatic carbocycles. The van der Waals surface area contributed by atoms with Crippen molar-refractivity contribution < 1.29 is 18.4 Å². The lowest BCUT2D eigenvalue weighted by Crippen LogP contribution is -2.29. The molecule has 6 heteroatoms. The van der Waals surface area contributed by atoms with Crippen LogP contribution in [0.15, 0.2) is 80.6 Å². The maximum absolute atomic E-state index is 13.5. The second-order valence-electron chi connectivity index (χ2n) is 7.86. The number of nitrogens with zero attached hydrogens (tertiary/aromatic N) is 1. The van der Waals surface area contributed by atoms with Crippen molar-refractivity contribution in [1.82, 2.24) is 4.90 Å². The molecule has 0 fully saturated rings. The van der Waals surface area contributed by atoms with E-state index >= 15 is 0 Å². The molecule has 0 unspecified atom stereocenters. The molecule has 0 bridgehead atoms. The van der Waals surface area contributed by atoms with Crippen LogP contribution in [0.3, 0.4) is 0 Å². The van der Waals surface area contributed by atoms with Gasteiger partial charge in [-0.05, 0) is 48.4 Å². The maximum Gasteiger partial charge on any atom is 0.291 e. The third kappa shape index (κ3) is 3.47. The molecular weight excluding hydrogens is 406 g/mol. The Bertz CT molecular complexity index is 1300. The van der Waals surface area contributed by atoms with E-state index in [2.05, 4.69) is 6.92 Å². The quantitative estimate of drug-likeness (QED) is 0.372. The monoisotopic (exact) mass is 429 g/mol. The fourth-order valence-electron chi connectivity index (χ4n) is 4.13. The van der Waals surface area contributed by atoms with Crippen molar-refractivity contribution in [2.45, 2.75) is 32.4 Å². The van der Waals surface area contributed by atoms with Gasteiger partial charge in [0.25, 0.3) is 5.91 Å². The van der Waals surface area contributed by atoms with Gasteiger partial charge in [-0.1, -0.05) is 37.6 Å². The summed E-state index contributed by atoms with van der Waals surface area (Å²) in [7, 11) is 0. The molecule has 5 rings (SSSR count). The molecule has 1 aliphatic rings. The normalized spacial score (nSPS) is 15.3. The highest BCUT2D eigenvalue weighted by Crippen LogP contribution is 2.39. The van der Waals surface area contributed by atoms with Gasteiger partial charge in [-0.2, -0.15) is 0 Å². The topological polar surface area (TPSA) is 72.9 Å². The lowest BCUT2D eigenvalue weighted by molar-refractivity contribution is 0.0701. The Balaban J connectivity index is 1.60. The highest BCUT2D eigenvalue weighted by molar-refractivity contribution is 5.99. The Morgan fingerprint density at radius 3 is 2.56 bits per heavy atom. The predicted octanol–water partition coefficient (Wildman–Crippen LogP) is 5.31. The van der Waals surface area contributed by atoms with E-state index in [-0.39, 0.29) is 23.6 Å². The van der Waals surface area contributed by atoms with Crippen molar-refractivity contribution in [3.8, 4) is 5.75 Å². The molecule has 0 saturated carbocycles. The van der Waals surface area contributed by atoms with Crippen LogP contribution in [0.1, 0.15) is 53.2 Å². The molecule has 1 atom stereocenters. The number of hydrogen-bond acceptors (Lipinski definition) is 5. The standard InChI is InChI=1S/C26H23NO5/c1-2-3-14-30-18-12-10-17(11-13-18)23-22-24(28)20-8-4-5-9-21(20)32-25(22)26(29)27(23)16-19-7-6-15-31-19/h4-13,15,23H,2-3,14,16H2,1H3/t23-/m1/s1. The first kappa shape index (κ1) is 20.1. The summed E-state index contributed by atoms with van der Waals surface area (Å²) in [4.78, 5) is 28.4. The molecule has 2 aromatic heterocycles. The molecule has 6 nitrogen and oxygen atoms in total. The minimum atomic E-state index is -0.576. The molecule has 0 spiro atoms. The van der Waals surface area contributed by atoms with Gasteiger partial charge < -0.3 is 18.5 Å². The number of benzene rings is 2. The number of furan rings is 1. The number of hydrogen-bond donors (Lipinski definition) is 0. The Morgan fingerprint density at radius 1 is 1.00 bits per heavy atom. The van der Waals surface area contributed by atoms with Gasteiger partial charge in [0, 0.05) is 0 Å². The van der Waals surface area contributed by atoms with Crippen molar-refractivity contribution in [2.75, 3.05) is 6.61 Å². The molecule has 1 amide bonds. The van der Waals surface area contributed by atoms with Crippen LogP contribution in [0.4, 0.5) is 0 Å². The number of fused-ring (bicyclic) bond motifs is 2. The predicted molar refractivity (Wildman–Crippen MR) is 120 cm³/mol. The van der Waals surface area contributed by atoms with E-state index in [9.17, 15) is 9.59 Å². The first-order valence-corrected chi connectivity index (χ1v) is 10.8. The van der Waals surface area contributed by atoms with Crippen molar-refractivity contribution in [3.05, 3.63) is 99.8 Å². The minimum absolute atomic E-state index is 0.0912. The van der Waals surface area contributed by atoms with Crippen molar-refractivity contribution >= 4 is 16.9 Å². The first-order valence-electron chi connectivity index (χ1n) is 10.8. The zero-order valence-electron chi connectivity index (χ0n) is 17.7. The maximum atomic E-state index is 13.5. The van der Waals surface area contributed by atoms with E-state index in [0.29, 0.717) is 28.9 Å². The zero-order chi connectivity index (χ0) is 22.1. The minimum Gasteiger partial charge on any atom is -0.494 e. The largest absolute Gasteiger partial charge is 0.494 e. The summed E-state index contributed by atoms with van der Waals surface area (Å²) in [5, 5.41) is 0.461. The van der Waals surface area contributed by atoms with E-state index in [4.69, 9.17) is 13.6 Å². The zero-order valence-corrected chi connectivity index (χ0v) is 17.7. The van der Waals surface area contributed by atoms with Gasteiger partial charge in [-0.25, -0.2) is 0 Å². The van der Waals surface area contributed by atoms with E-state index in [1.807, 2.05) is 30.3 Å². The Kier molecular flexibility index (Phi) is 5.27. The van der Waals surface area contributed by atoms with Crippen LogP contribution in [0, 0.1) is 0 Å². The van der Waals surface area contributed by atoms with Crippen LogP contribution in [-0.4, -0.2) is 17.4 Å². The highest BCUT2D eigenvalue weighted by atomic mass is 16.5. The van der Waals surface area contributed by atoms with Crippen LogP contribution in [0.5, 0.6) is 5.75 Å². The summed E-state index contributed by atoms with van der Waals surface area (Å²) >= 11 is 0.